The van der Waals surface area contributed by atoms with E-state index >= 15 is 0 Å². The second-order valence-electron chi connectivity index (χ2n) is 5.25. The summed E-state index contributed by atoms with van der Waals surface area (Å²) in [5, 5.41) is 0. The van der Waals surface area contributed by atoms with Gasteiger partial charge in [0.1, 0.15) is 0 Å². The van der Waals surface area contributed by atoms with Gasteiger partial charge in [-0.05, 0) is 35.9 Å². The Labute approximate surface area is 146 Å². The van der Waals surface area contributed by atoms with Gasteiger partial charge in [0.05, 0.1) is 13.2 Å². The number of benzene rings is 2. The third-order valence-corrected chi connectivity index (χ3v) is 4.16. The van der Waals surface area contributed by atoms with Crippen molar-refractivity contribution in [3.8, 4) is 11.1 Å². The van der Waals surface area contributed by atoms with E-state index < -0.39 is 0 Å². The highest BCUT2D eigenvalue weighted by Crippen LogP contribution is 2.31. The predicted octanol–water partition coefficient (Wildman–Crippen LogP) is 3.80. The summed E-state index contributed by atoms with van der Waals surface area (Å²) in [6.45, 7) is 2.95. The Morgan fingerprint density at radius 3 is 2.30 bits per heavy atom. The zero-order valence-electron chi connectivity index (χ0n) is 13.6. The molecule has 0 fully saturated rings. The van der Waals surface area contributed by atoms with Crippen LogP contribution in [0.15, 0.2) is 46.9 Å². The van der Waals surface area contributed by atoms with E-state index in [-0.39, 0.29) is 0 Å². The van der Waals surface area contributed by atoms with Crippen molar-refractivity contribution in [3.05, 3.63) is 46.9 Å². The van der Waals surface area contributed by atoms with E-state index in [1.165, 1.54) is 0 Å². The fourth-order valence-electron chi connectivity index (χ4n) is 2.42. The molecule has 0 amide bonds. The number of anilines is 2. The largest absolute Gasteiger partial charge is 0.398 e. The lowest BCUT2D eigenvalue weighted by molar-refractivity contribution is 0.190. The molecule has 0 radical (unpaired) electrons. The SMILES string of the molecule is COCCN(CCOC)c1ccc(N)c(-c2cccc(Br)c2)c1. The van der Waals surface area contributed by atoms with E-state index in [2.05, 4.69) is 39.0 Å². The Hall–Kier alpha value is -1.56. The minimum atomic E-state index is 0.667. The lowest BCUT2D eigenvalue weighted by Gasteiger charge is -2.25. The van der Waals surface area contributed by atoms with Crippen LogP contribution in [0.1, 0.15) is 0 Å². The zero-order chi connectivity index (χ0) is 16.7. The molecule has 0 saturated carbocycles. The minimum absolute atomic E-state index is 0.667. The maximum Gasteiger partial charge on any atom is 0.0637 e. The molecule has 0 heterocycles. The molecule has 0 aromatic heterocycles. The average Bonchev–Trinajstić information content (AvgIpc) is 2.56. The first-order valence-corrected chi connectivity index (χ1v) is 8.33. The number of ether oxygens (including phenoxy) is 2. The van der Waals surface area contributed by atoms with E-state index in [4.69, 9.17) is 15.2 Å². The molecule has 0 unspecified atom stereocenters. The van der Waals surface area contributed by atoms with Gasteiger partial charge in [-0.25, -0.2) is 0 Å². The van der Waals surface area contributed by atoms with Gasteiger partial charge in [-0.2, -0.15) is 0 Å². The van der Waals surface area contributed by atoms with Crippen molar-refractivity contribution in [1.29, 1.82) is 0 Å². The molecular weight excluding hydrogens is 356 g/mol. The van der Waals surface area contributed by atoms with Gasteiger partial charge < -0.3 is 20.1 Å². The van der Waals surface area contributed by atoms with Crippen LogP contribution in [0.4, 0.5) is 11.4 Å². The van der Waals surface area contributed by atoms with Gasteiger partial charge in [-0.3, -0.25) is 0 Å². The van der Waals surface area contributed by atoms with Crippen molar-refractivity contribution in [2.75, 3.05) is 51.2 Å². The van der Waals surface area contributed by atoms with Gasteiger partial charge in [0.15, 0.2) is 0 Å². The second-order valence-corrected chi connectivity index (χ2v) is 6.17. The van der Waals surface area contributed by atoms with Crippen LogP contribution >= 0.6 is 15.9 Å². The van der Waals surface area contributed by atoms with Gasteiger partial charge >= 0.3 is 0 Å². The third kappa shape index (κ3) is 4.96. The highest BCUT2D eigenvalue weighted by Gasteiger charge is 2.10. The lowest BCUT2D eigenvalue weighted by Crippen LogP contribution is -2.30. The summed E-state index contributed by atoms with van der Waals surface area (Å²) >= 11 is 3.52. The molecular formula is C18H23BrN2O2. The Balaban J connectivity index is 2.33. The van der Waals surface area contributed by atoms with Crippen LogP contribution in [-0.4, -0.2) is 40.5 Å². The fourth-order valence-corrected chi connectivity index (χ4v) is 2.82. The molecule has 0 bridgehead atoms. The van der Waals surface area contributed by atoms with Gasteiger partial charge in [-0.1, -0.05) is 28.1 Å². The molecule has 0 saturated heterocycles. The normalized spacial score (nSPS) is 10.7. The molecule has 2 aromatic rings. The number of nitrogens with two attached hydrogens (primary N) is 1. The molecule has 2 N–H and O–H groups in total. The summed E-state index contributed by atoms with van der Waals surface area (Å²) in [4.78, 5) is 2.24. The Bertz CT molecular complexity index is 626. The van der Waals surface area contributed by atoms with Crippen molar-refractivity contribution in [2.45, 2.75) is 0 Å². The number of nitrogen functional groups attached to an aromatic ring is 1. The van der Waals surface area contributed by atoms with Gasteiger partial charge in [-0.15, -0.1) is 0 Å². The molecule has 0 aliphatic carbocycles. The number of methoxy groups -OCH3 is 2. The van der Waals surface area contributed by atoms with Gasteiger partial charge in [0, 0.05) is 48.7 Å². The van der Waals surface area contributed by atoms with E-state index in [9.17, 15) is 0 Å². The van der Waals surface area contributed by atoms with E-state index in [1.807, 2.05) is 24.3 Å². The van der Waals surface area contributed by atoms with Crippen LogP contribution in [-0.2, 0) is 9.47 Å². The molecule has 2 rings (SSSR count). The molecule has 23 heavy (non-hydrogen) atoms. The van der Waals surface area contributed by atoms with Crippen molar-refractivity contribution in [3.63, 3.8) is 0 Å². The highest BCUT2D eigenvalue weighted by molar-refractivity contribution is 9.10. The fraction of sp³-hybridized carbons (Fsp3) is 0.333. The predicted molar refractivity (Wildman–Crippen MR) is 100.0 cm³/mol. The molecule has 4 nitrogen and oxygen atoms in total. The number of hydrogen-bond donors (Lipinski definition) is 1. The van der Waals surface area contributed by atoms with Crippen LogP contribution in [0.5, 0.6) is 0 Å². The summed E-state index contributed by atoms with van der Waals surface area (Å²) in [7, 11) is 3.43. The van der Waals surface area contributed by atoms with Gasteiger partial charge in [0.2, 0.25) is 0 Å². The van der Waals surface area contributed by atoms with E-state index in [1.54, 1.807) is 14.2 Å². The zero-order valence-corrected chi connectivity index (χ0v) is 15.2. The topological polar surface area (TPSA) is 47.7 Å². The van der Waals surface area contributed by atoms with Crippen molar-refractivity contribution in [1.82, 2.24) is 0 Å². The highest BCUT2D eigenvalue weighted by atomic mass is 79.9. The lowest BCUT2D eigenvalue weighted by atomic mass is 10.0. The molecule has 0 atom stereocenters. The Morgan fingerprint density at radius 1 is 1.00 bits per heavy atom. The second kappa shape index (κ2) is 8.91. The number of hydrogen-bond acceptors (Lipinski definition) is 4. The van der Waals surface area contributed by atoms with Crippen LogP contribution in [0.3, 0.4) is 0 Å². The van der Waals surface area contributed by atoms with Crippen LogP contribution in [0.2, 0.25) is 0 Å². The standard InChI is InChI=1S/C18H23BrN2O2/c1-22-10-8-21(9-11-23-2)16-6-7-18(20)17(13-16)14-4-3-5-15(19)12-14/h3-7,12-13H,8-11,20H2,1-2H3. The number of halogens is 1. The minimum Gasteiger partial charge on any atom is -0.398 e. The summed E-state index contributed by atoms with van der Waals surface area (Å²) in [6, 6.07) is 14.3. The maximum absolute atomic E-state index is 6.19. The summed E-state index contributed by atoms with van der Waals surface area (Å²) in [6.07, 6.45) is 0. The first-order valence-electron chi connectivity index (χ1n) is 7.54. The van der Waals surface area contributed by atoms with E-state index in [0.717, 1.165) is 40.1 Å². The van der Waals surface area contributed by atoms with Crippen molar-refractivity contribution < 1.29 is 9.47 Å². The smallest absolute Gasteiger partial charge is 0.0637 e. The number of rotatable bonds is 8. The number of nitrogens with zero attached hydrogens (tertiary/aromatic N) is 1. The Morgan fingerprint density at radius 2 is 1.70 bits per heavy atom. The van der Waals surface area contributed by atoms with Crippen LogP contribution in [0, 0.1) is 0 Å². The maximum atomic E-state index is 6.19. The monoisotopic (exact) mass is 378 g/mol. The first-order chi connectivity index (χ1) is 11.2. The molecule has 0 spiro atoms. The van der Waals surface area contributed by atoms with Gasteiger partial charge in [0.25, 0.3) is 0 Å². The Kier molecular flexibility index (Phi) is 6.89. The van der Waals surface area contributed by atoms with Crippen LogP contribution in [0.25, 0.3) is 11.1 Å². The first kappa shape index (κ1) is 17.8. The molecule has 0 aliphatic heterocycles. The molecule has 5 heteroatoms. The van der Waals surface area contributed by atoms with Crippen LogP contribution < -0.4 is 10.6 Å². The molecule has 2 aromatic carbocycles. The third-order valence-electron chi connectivity index (χ3n) is 3.67. The van der Waals surface area contributed by atoms with E-state index in [0.29, 0.717) is 13.2 Å². The summed E-state index contributed by atoms with van der Waals surface area (Å²) < 4.78 is 11.5. The van der Waals surface area contributed by atoms with Crippen molar-refractivity contribution >= 4 is 27.3 Å². The average molecular weight is 379 g/mol. The summed E-state index contributed by atoms with van der Waals surface area (Å²) in [5.74, 6) is 0. The van der Waals surface area contributed by atoms with Crippen molar-refractivity contribution in [2.24, 2.45) is 0 Å². The summed E-state index contributed by atoms with van der Waals surface area (Å²) in [5.41, 5.74) is 10.2. The quantitative estimate of drug-likeness (QED) is 0.709. The molecule has 0 aliphatic rings. The molecule has 124 valence electrons.